The van der Waals surface area contributed by atoms with Crippen molar-refractivity contribution >= 4 is 82.1 Å². The highest BCUT2D eigenvalue weighted by atomic mass is 35.5. The van der Waals surface area contributed by atoms with Crippen LogP contribution in [0.5, 0.6) is 0 Å². The number of fused-ring (bicyclic) bond motifs is 2. The van der Waals surface area contributed by atoms with E-state index in [1.54, 1.807) is 24.6 Å². The van der Waals surface area contributed by atoms with Gasteiger partial charge in [0.2, 0.25) is 5.91 Å². The van der Waals surface area contributed by atoms with Gasteiger partial charge >= 0.3 is 0 Å². The first-order valence-corrected chi connectivity index (χ1v) is 33.0. The summed E-state index contributed by atoms with van der Waals surface area (Å²) in [7, 11) is 4.16. The molecule has 2 amide bonds. The Kier molecular flexibility index (Phi) is 37.4. The number of hydrazone groups is 2. The number of carbonyl (C=O) groups excluding carboxylic acids is 2. The van der Waals surface area contributed by atoms with Crippen LogP contribution in [0, 0.1) is 0 Å². The van der Waals surface area contributed by atoms with Gasteiger partial charge in [0.25, 0.3) is 5.91 Å². The number of amides is 2. The van der Waals surface area contributed by atoms with Crippen molar-refractivity contribution in [1.29, 1.82) is 0 Å². The first-order valence-electron chi connectivity index (χ1n) is 31.5. The average molecular weight is 1390 g/mol. The van der Waals surface area contributed by atoms with Gasteiger partial charge in [0.1, 0.15) is 11.4 Å². The first kappa shape index (κ1) is 77.7. The molecule has 518 valence electrons. The maximum absolute atomic E-state index is 12.3. The Bertz CT molecular complexity index is 3030. The summed E-state index contributed by atoms with van der Waals surface area (Å²) in [5.41, 5.74) is 9.48. The van der Waals surface area contributed by atoms with E-state index in [1.807, 2.05) is 36.4 Å². The molecule has 0 fully saturated rings. The van der Waals surface area contributed by atoms with Crippen LogP contribution in [0.4, 0.5) is 0 Å². The van der Waals surface area contributed by atoms with Gasteiger partial charge in [-0.05, 0) is 90.3 Å². The second-order valence-corrected chi connectivity index (χ2v) is 23.8. The number of carbonyl (C=O) groups is 2. The smallest absolute Gasteiger partial charge is 0.251 e. The molecule has 4 aromatic carbocycles. The third-order valence-electron chi connectivity index (χ3n) is 15.0. The fourth-order valence-corrected chi connectivity index (χ4v) is 11.4. The van der Waals surface area contributed by atoms with Gasteiger partial charge in [-0.15, -0.1) is 0 Å². The number of aliphatic hydroxyl groups is 2. The Balaban J connectivity index is 0.640. The second kappa shape index (κ2) is 45.3. The Hall–Kier alpha value is -5.30. The van der Waals surface area contributed by atoms with Gasteiger partial charge in [0, 0.05) is 101 Å². The van der Waals surface area contributed by atoms with Crippen LogP contribution in [0.25, 0.3) is 0 Å². The van der Waals surface area contributed by atoms with E-state index in [1.165, 1.54) is 0 Å². The van der Waals surface area contributed by atoms with Crippen molar-refractivity contribution < 1.29 is 67.2 Å². The van der Waals surface area contributed by atoms with E-state index in [2.05, 4.69) is 79.0 Å². The molecule has 0 aromatic heterocycles. The number of ether oxygens (including phenoxy) is 10. The number of aliphatic imine (C=N–C) groups is 2. The van der Waals surface area contributed by atoms with Gasteiger partial charge in [-0.2, -0.15) is 10.2 Å². The van der Waals surface area contributed by atoms with Crippen LogP contribution in [-0.4, -0.2) is 253 Å². The summed E-state index contributed by atoms with van der Waals surface area (Å²) in [5.74, 6) is 10.6. The number of nitrogens with zero attached hydrogens (tertiary/aromatic N) is 6. The molecule has 4 aromatic rings. The topological polar surface area (TPSA) is 299 Å². The lowest BCUT2D eigenvalue weighted by atomic mass is 9.84. The van der Waals surface area contributed by atoms with Crippen molar-refractivity contribution in [3.05, 3.63) is 137 Å². The molecule has 8 N–H and O–H groups in total. The lowest BCUT2D eigenvalue weighted by molar-refractivity contribution is -0.136. The number of halogens is 4. The monoisotopic (exact) mass is 1390 g/mol. The molecule has 0 aliphatic carbocycles. The lowest BCUT2D eigenvalue weighted by Gasteiger charge is -2.33. The van der Waals surface area contributed by atoms with Gasteiger partial charge in [-0.3, -0.25) is 19.6 Å². The predicted octanol–water partition coefficient (Wildman–Crippen LogP) is 5.52. The molecule has 28 heteroatoms. The highest BCUT2D eigenvalue weighted by Gasteiger charge is 2.30. The SMILES string of the molecule is CN1Cc2c(Cl)cc(Cl)cc2C(c2cccc(C(C=NCCOCCOCCOCCOCCOCCNC(=O)[C@H](O)[C@@H](O)CCC(=O)NCCOCCOCCOCCOCCOCCN=CC(=NN)c3cccc([C@@H]4CN(C)Cc5c(Cl)cc(Cl)cc54)c3)=NN)c2)C1. The number of hydrogen-bond acceptors (Lipinski definition) is 22. The van der Waals surface area contributed by atoms with Crippen LogP contribution in [0.2, 0.25) is 20.1 Å². The van der Waals surface area contributed by atoms with Crippen molar-refractivity contribution in [3.63, 3.8) is 0 Å². The number of nitrogens with one attached hydrogen (secondary N) is 2. The first-order chi connectivity index (χ1) is 45.8. The third kappa shape index (κ3) is 28.4. The molecule has 0 saturated heterocycles. The zero-order valence-corrected chi connectivity index (χ0v) is 56.8. The van der Waals surface area contributed by atoms with E-state index in [4.69, 9.17) is 105 Å². The highest BCUT2D eigenvalue weighted by molar-refractivity contribution is 6.39. The lowest BCUT2D eigenvalue weighted by Crippen LogP contribution is -2.43. The van der Waals surface area contributed by atoms with Gasteiger partial charge in [0.15, 0.2) is 6.10 Å². The van der Waals surface area contributed by atoms with E-state index < -0.39 is 18.1 Å². The number of benzene rings is 4. The number of nitrogens with two attached hydrogens (primary N) is 2. The van der Waals surface area contributed by atoms with E-state index in [9.17, 15) is 19.8 Å². The second-order valence-electron chi connectivity index (χ2n) is 22.1. The third-order valence-corrected chi connectivity index (χ3v) is 16.1. The molecule has 0 bridgehead atoms. The van der Waals surface area contributed by atoms with Gasteiger partial charge in [0.05, 0.1) is 151 Å². The van der Waals surface area contributed by atoms with Crippen LogP contribution < -0.4 is 22.3 Å². The summed E-state index contributed by atoms with van der Waals surface area (Å²) >= 11 is 26.0. The molecule has 24 nitrogen and oxygen atoms in total. The number of hydrogen-bond donors (Lipinski definition) is 6. The minimum absolute atomic E-state index is 0.0851. The van der Waals surface area contributed by atoms with Crippen LogP contribution in [-0.2, 0) is 70.0 Å². The van der Waals surface area contributed by atoms with Crippen LogP contribution in [0.1, 0.15) is 69.2 Å². The minimum atomic E-state index is -1.70. The molecule has 0 radical (unpaired) electrons. The van der Waals surface area contributed by atoms with Gasteiger partial charge in [-0.1, -0.05) is 82.8 Å². The number of aliphatic hydroxyl groups excluding tert-OH is 2. The van der Waals surface area contributed by atoms with Crippen molar-refractivity contribution in [2.45, 2.75) is 50.0 Å². The van der Waals surface area contributed by atoms with Crippen molar-refractivity contribution in [1.82, 2.24) is 20.4 Å². The van der Waals surface area contributed by atoms with Crippen molar-refractivity contribution in [3.8, 4) is 0 Å². The summed E-state index contributed by atoms with van der Waals surface area (Å²) in [6.45, 7) is 11.7. The molecule has 1 unspecified atom stereocenters. The summed E-state index contributed by atoms with van der Waals surface area (Å²) < 4.78 is 55.5. The zero-order valence-electron chi connectivity index (χ0n) is 53.7. The van der Waals surface area contributed by atoms with E-state index in [0.717, 1.165) is 70.7 Å². The maximum Gasteiger partial charge on any atom is 0.251 e. The van der Waals surface area contributed by atoms with E-state index >= 15 is 0 Å². The molecule has 0 saturated carbocycles. The summed E-state index contributed by atoms with van der Waals surface area (Å²) in [6.07, 6.45) is -0.0241. The van der Waals surface area contributed by atoms with E-state index in [-0.39, 0.29) is 63.5 Å². The molecular weight excluding hydrogens is 1300 g/mol. The summed E-state index contributed by atoms with van der Waals surface area (Å²) in [4.78, 5) is 38.0. The predicted molar refractivity (Wildman–Crippen MR) is 366 cm³/mol. The molecule has 2 heterocycles. The molecule has 6 rings (SSSR count). The summed E-state index contributed by atoms with van der Waals surface area (Å²) in [5, 5.41) is 36.3. The number of rotatable bonds is 47. The quantitative estimate of drug-likeness (QED) is 0.0137. The minimum Gasteiger partial charge on any atom is -0.390 e. The maximum atomic E-state index is 12.3. The number of likely N-dealkylation sites (N-methyl/N-ethyl adjacent to an activating group) is 2. The molecular formula is C66H92Cl4N10O14. The molecule has 2 aliphatic rings. The van der Waals surface area contributed by atoms with Crippen LogP contribution in [0.15, 0.2) is 93.0 Å². The Morgan fingerprint density at radius 2 is 0.894 bits per heavy atom. The Morgan fingerprint density at radius 3 is 1.28 bits per heavy atom. The Labute approximate surface area is 571 Å². The van der Waals surface area contributed by atoms with Gasteiger partial charge in [-0.25, -0.2) is 0 Å². The zero-order chi connectivity index (χ0) is 67.1. The fraction of sp³-hybridized carbons (Fsp3) is 0.545. The normalized spacial score (nSPS) is 16.2. The fourth-order valence-electron chi connectivity index (χ4n) is 10.3. The Morgan fingerprint density at radius 1 is 0.532 bits per heavy atom. The van der Waals surface area contributed by atoms with E-state index in [0.29, 0.717) is 157 Å². The highest BCUT2D eigenvalue weighted by Crippen LogP contribution is 2.40. The average Bonchev–Trinajstić information content (AvgIpc) is 0.787. The molecule has 0 spiro atoms. The molecule has 94 heavy (non-hydrogen) atoms. The van der Waals surface area contributed by atoms with Crippen molar-refractivity contribution in [2.24, 2.45) is 31.9 Å². The van der Waals surface area contributed by atoms with Crippen molar-refractivity contribution in [2.75, 3.05) is 186 Å². The summed E-state index contributed by atoms with van der Waals surface area (Å²) in [6, 6.07) is 23.8. The largest absolute Gasteiger partial charge is 0.390 e. The van der Waals surface area contributed by atoms with Crippen LogP contribution >= 0.6 is 46.4 Å². The molecule has 4 atom stereocenters. The standard InChI is InChI=1S/C66H92Cl4N10O14/c1-79-43-55(53-37-51(67)39-59(69)57(53)45-79)47-5-3-7-49(35-47)61(77-71)41-73-11-15-85-19-23-89-27-31-93-33-29-91-25-21-87-17-13-75-64(82)10-9-63(81)65(83)66(84)76-14-18-88-22-26-92-30-34-94-32-28-90-24-20-86-16-12-74-42-62(78-72)50-8-4-6-48(36-50)56-44-80(2)46-58-54(56)38-52(68)40-60(58)70/h3-8,35-42,55-56,63,65,81,83H,9-34,43-46,71-72H2,1-2H3,(H,75,82)(H,76,84)/t55-,56?,63-,65+/m0/s1. The molecule has 2 aliphatic heterocycles. The van der Waals surface area contributed by atoms with Crippen LogP contribution in [0.3, 0.4) is 0 Å². The van der Waals surface area contributed by atoms with Gasteiger partial charge < -0.3 is 89.7 Å².